The summed E-state index contributed by atoms with van der Waals surface area (Å²) in [6.45, 7) is 1.16. The predicted molar refractivity (Wildman–Crippen MR) is 140 cm³/mol. The maximum absolute atomic E-state index is 13.2. The highest BCUT2D eigenvalue weighted by Gasteiger charge is 2.50. The Morgan fingerprint density at radius 2 is 1.26 bits per heavy atom. The van der Waals surface area contributed by atoms with Crippen molar-refractivity contribution >= 4 is 16.5 Å². The summed E-state index contributed by atoms with van der Waals surface area (Å²) < 4.78 is 79.3. The number of halogens is 6. The van der Waals surface area contributed by atoms with Crippen LogP contribution < -0.4 is 10.6 Å². The fraction of sp³-hybridized carbons (Fsp3) is 0.484. The smallest absolute Gasteiger partial charge is 0.384 e. The maximum Gasteiger partial charge on any atom is 0.416 e. The van der Waals surface area contributed by atoms with E-state index in [0.29, 0.717) is 12.0 Å². The predicted octanol–water partition coefficient (Wildman–Crippen LogP) is 8.80. The molecule has 8 heteroatoms. The second-order valence-corrected chi connectivity index (χ2v) is 12.1. The highest BCUT2D eigenvalue weighted by molar-refractivity contribution is 5.96. The van der Waals surface area contributed by atoms with Crippen LogP contribution in [0.5, 0.6) is 0 Å². The highest BCUT2D eigenvalue weighted by atomic mass is 19.4. The number of benzene rings is 3. The van der Waals surface area contributed by atoms with Crippen molar-refractivity contribution in [2.24, 2.45) is 23.2 Å². The van der Waals surface area contributed by atoms with Crippen LogP contribution in [0.1, 0.15) is 60.8 Å². The van der Waals surface area contributed by atoms with Crippen LogP contribution in [0.15, 0.2) is 54.6 Å². The number of hydrogen-bond donors (Lipinski definition) is 2. The molecule has 2 N–H and O–H groups in total. The summed E-state index contributed by atoms with van der Waals surface area (Å²) in [4.78, 5) is 0. The summed E-state index contributed by atoms with van der Waals surface area (Å²) in [5.74, 6) is 2.65. The molecule has 3 aromatic rings. The second kappa shape index (κ2) is 9.72. The summed E-state index contributed by atoms with van der Waals surface area (Å²) in [6, 6.07) is 13.7. The Kier molecular flexibility index (Phi) is 6.60. The van der Waals surface area contributed by atoms with Gasteiger partial charge >= 0.3 is 12.4 Å². The summed E-state index contributed by atoms with van der Waals surface area (Å²) >= 11 is 0. The third-order valence-electron chi connectivity index (χ3n) is 9.12. The maximum atomic E-state index is 13.2. The van der Waals surface area contributed by atoms with Gasteiger partial charge < -0.3 is 10.6 Å². The summed E-state index contributed by atoms with van der Waals surface area (Å²) in [6.07, 6.45) is -1.55. The molecule has 39 heavy (non-hydrogen) atoms. The molecule has 0 unspecified atom stereocenters. The lowest BCUT2D eigenvalue weighted by atomic mass is 9.49. The number of fused-ring (bicyclic) bond motifs is 1. The van der Waals surface area contributed by atoms with Gasteiger partial charge in [-0.15, -0.1) is 0 Å². The van der Waals surface area contributed by atoms with Crippen molar-refractivity contribution in [3.63, 3.8) is 0 Å². The zero-order chi connectivity index (χ0) is 27.4. The molecule has 0 aliphatic heterocycles. The molecule has 4 aliphatic carbocycles. The fourth-order valence-corrected chi connectivity index (χ4v) is 7.94. The molecule has 0 heterocycles. The van der Waals surface area contributed by atoms with E-state index < -0.39 is 23.5 Å². The average molecular weight is 547 g/mol. The molecule has 2 nitrogen and oxygen atoms in total. The first-order valence-electron chi connectivity index (χ1n) is 13.7. The number of rotatable bonds is 7. The van der Waals surface area contributed by atoms with E-state index in [1.54, 1.807) is 0 Å². The summed E-state index contributed by atoms with van der Waals surface area (Å²) in [7, 11) is 0. The molecule has 0 aromatic heterocycles. The molecular formula is C31H32F6N2. The standard InChI is InChI=1S/C31H32F6N2/c32-30(33,34)24-10-22(11-25(12-24)31(35,36)37)16-38-17-23-3-1-5-27-26(23)4-2-6-28(27)39-18-29-13-19-7-20(14-29)9-21(8-19)15-29/h1-6,10-12,19-21,38-39H,7-9,13-18H2. The molecule has 3 aromatic carbocycles. The number of alkyl halides is 6. The van der Waals surface area contributed by atoms with Crippen molar-refractivity contribution in [3.8, 4) is 0 Å². The monoisotopic (exact) mass is 546 g/mol. The zero-order valence-corrected chi connectivity index (χ0v) is 21.6. The summed E-state index contributed by atoms with van der Waals surface area (Å²) in [5, 5.41) is 8.90. The molecule has 0 radical (unpaired) electrons. The minimum atomic E-state index is -4.86. The Morgan fingerprint density at radius 3 is 1.85 bits per heavy atom. The molecule has 4 fully saturated rings. The third-order valence-corrected chi connectivity index (χ3v) is 9.12. The van der Waals surface area contributed by atoms with E-state index in [2.05, 4.69) is 22.8 Å². The molecule has 7 rings (SSSR count). The molecule has 0 atom stereocenters. The highest BCUT2D eigenvalue weighted by Crippen LogP contribution is 2.60. The van der Waals surface area contributed by atoms with E-state index in [0.717, 1.165) is 58.5 Å². The van der Waals surface area contributed by atoms with Crippen LogP contribution in [-0.4, -0.2) is 6.54 Å². The van der Waals surface area contributed by atoms with Crippen LogP contribution in [0, 0.1) is 23.2 Å². The molecule has 4 aliphatic rings. The van der Waals surface area contributed by atoms with Crippen molar-refractivity contribution in [3.05, 3.63) is 76.9 Å². The molecule has 208 valence electrons. The quantitative estimate of drug-likeness (QED) is 0.290. The molecule has 0 spiro atoms. The minimum Gasteiger partial charge on any atom is -0.384 e. The van der Waals surface area contributed by atoms with Gasteiger partial charge in [-0.25, -0.2) is 0 Å². The van der Waals surface area contributed by atoms with Crippen molar-refractivity contribution in [2.45, 2.75) is 64.0 Å². The van der Waals surface area contributed by atoms with Gasteiger partial charge in [-0.3, -0.25) is 0 Å². The van der Waals surface area contributed by atoms with Crippen LogP contribution >= 0.6 is 0 Å². The van der Waals surface area contributed by atoms with Crippen LogP contribution in [-0.2, 0) is 25.4 Å². The van der Waals surface area contributed by atoms with Gasteiger partial charge in [0.2, 0.25) is 0 Å². The molecule has 0 saturated heterocycles. The van der Waals surface area contributed by atoms with Gasteiger partial charge in [-0.05, 0) is 102 Å². The summed E-state index contributed by atoms with van der Waals surface area (Å²) in [5.41, 5.74) is -0.263. The number of anilines is 1. The SMILES string of the molecule is FC(F)(F)c1cc(CNCc2cccc3c(NCC45CC6CC(CC(C6)C4)C5)cccc23)cc(C(F)(F)F)c1. The van der Waals surface area contributed by atoms with Gasteiger partial charge in [0.05, 0.1) is 11.1 Å². The van der Waals surface area contributed by atoms with Gasteiger partial charge in [-0.1, -0.05) is 30.3 Å². The van der Waals surface area contributed by atoms with E-state index in [9.17, 15) is 26.3 Å². The Morgan fingerprint density at radius 1 is 0.692 bits per heavy atom. The van der Waals surface area contributed by atoms with Crippen molar-refractivity contribution in [2.75, 3.05) is 11.9 Å². The number of hydrogen-bond acceptors (Lipinski definition) is 2. The first-order valence-corrected chi connectivity index (χ1v) is 13.7. The van der Waals surface area contributed by atoms with E-state index in [-0.39, 0.29) is 18.2 Å². The van der Waals surface area contributed by atoms with Gasteiger partial charge in [0, 0.05) is 30.7 Å². The molecule has 4 saturated carbocycles. The molecule has 0 amide bonds. The fourth-order valence-electron chi connectivity index (χ4n) is 7.94. The number of nitrogens with one attached hydrogen (secondary N) is 2. The van der Waals surface area contributed by atoms with E-state index >= 15 is 0 Å². The Bertz CT molecular complexity index is 1290. The first-order chi connectivity index (χ1) is 18.5. The van der Waals surface area contributed by atoms with Gasteiger partial charge in [0.25, 0.3) is 0 Å². The largest absolute Gasteiger partial charge is 0.416 e. The minimum absolute atomic E-state index is 0.0599. The lowest BCUT2D eigenvalue weighted by molar-refractivity contribution is -0.143. The van der Waals surface area contributed by atoms with Crippen LogP contribution in [0.4, 0.5) is 32.0 Å². The normalized spacial score (nSPS) is 26.4. The lowest BCUT2D eigenvalue weighted by Crippen LogP contribution is -2.49. The van der Waals surface area contributed by atoms with Crippen LogP contribution in [0.3, 0.4) is 0 Å². The topological polar surface area (TPSA) is 24.1 Å². The first kappa shape index (κ1) is 26.5. The molecule has 4 bridgehead atoms. The second-order valence-electron chi connectivity index (χ2n) is 12.1. The van der Waals surface area contributed by atoms with Gasteiger partial charge in [-0.2, -0.15) is 26.3 Å². The van der Waals surface area contributed by atoms with E-state index in [4.69, 9.17) is 0 Å². The lowest BCUT2D eigenvalue weighted by Gasteiger charge is -2.57. The van der Waals surface area contributed by atoms with Crippen LogP contribution in [0.25, 0.3) is 10.8 Å². The van der Waals surface area contributed by atoms with E-state index in [1.165, 1.54) is 38.5 Å². The van der Waals surface area contributed by atoms with Crippen molar-refractivity contribution in [1.82, 2.24) is 5.32 Å². The zero-order valence-electron chi connectivity index (χ0n) is 21.6. The molecular weight excluding hydrogens is 514 g/mol. The van der Waals surface area contributed by atoms with E-state index in [1.807, 2.05) is 24.3 Å². The third kappa shape index (κ3) is 5.49. The van der Waals surface area contributed by atoms with Crippen molar-refractivity contribution < 1.29 is 26.3 Å². The van der Waals surface area contributed by atoms with Gasteiger partial charge in [0.15, 0.2) is 0 Å². The Hall–Kier alpha value is -2.74. The Balaban J connectivity index is 1.17. The van der Waals surface area contributed by atoms with Crippen LogP contribution in [0.2, 0.25) is 0 Å². The van der Waals surface area contributed by atoms with Crippen molar-refractivity contribution in [1.29, 1.82) is 0 Å². The van der Waals surface area contributed by atoms with Gasteiger partial charge in [0.1, 0.15) is 0 Å². The Labute approximate surface area is 224 Å². The average Bonchev–Trinajstić information content (AvgIpc) is 2.86.